The molecule has 0 spiro atoms. The van der Waals surface area contributed by atoms with Crippen molar-refractivity contribution in [1.82, 2.24) is 4.90 Å². The van der Waals surface area contributed by atoms with Gasteiger partial charge in [0.05, 0.1) is 0 Å². The molecular weight excluding hydrogens is 182 g/mol. The van der Waals surface area contributed by atoms with Crippen LogP contribution in [-0.4, -0.2) is 24.0 Å². The fourth-order valence-electron chi connectivity index (χ4n) is 3.33. The smallest absolute Gasteiger partial charge is 0.00388 e. The van der Waals surface area contributed by atoms with Crippen LogP contribution in [0.1, 0.15) is 47.0 Å². The molecule has 0 aromatic carbocycles. The summed E-state index contributed by atoms with van der Waals surface area (Å²) >= 11 is 0. The molecule has 1 atom stereocenters. The highest BCUT2D eigenvalue weighted by Gasteiger charge is 2.36. The van der Waals surface area contributed by atoms with Gasteiger partial charge in [-0.15, -0.1) is 0 Å². The molecule has 1 heteroatoms. The van der Waals surface area contributed by atoms with Crippen molar-refractivity contribution in [3.63, 3.8) is 0 Å². The number of fused-ring (bicyclic) bond motifs is 4. The normalized spacial score (nSPS) is 37.6. The molecule has 2 aliphatic heterocycles. The maximum atomic E-state index is 2.73. The van der Waals surface area contributed by atoms with Crippen molar-refractivity contribution in [2.75, 3.05) is 13.1 Å². The molecule has 3 rings (SSSR count). The first kappa shape index (κ1) is 11.4. The van der Waals surface area contributed by atoms with Gasteiger partial charge in [-0.25, -0.2) is 0 Å². The molecule has 1 aliphatic carbocycles. The molecule has 3 fully saturated rings. The van der Waals surface area contributed by atoms with Crippen LogP contribution < -0.4 is 0 Å². The van der Waals surface area contributed by atoms with Crippen LogP contribution in [0.25, 0.3) is 0 Å². The van der Waals surface area contributed by atoms with E-state index in [0.29, 0.717) is 0 Å². The summed E-state index contributed by atoms with van der Waals surface area (Å²) in [5.41, 5.74) is 0. The van der Waals surface area contributed by atoms with Crippen LogP contribution in [0.4, 0.5) is 0 Å². The highest BCUT2D eigenvalue weighted by Crippen LogP contribution is 2.42. The lowest BCUT2D eigenvalue weighted by molar-refractivity contribution is 0.0303. The third-order valence-corrected chi connectivity index (χ3v) is 4.60. The Hall–Kier alpha value is -0.0400. The number of hydrogen-bond donors (Lipinski definition) is 0. The molecular formula is C14H27N. The van der Waals surface area contributed by atoms with Gasteiger partial charge in [0.25, 0.3) is 0 Å². The second kappa shape index (κ2) is 4.45. The summed E-state index contributed by atoms with van der Waals surface area (Å²) in [6.45, 7) is 12.2. The largest absolute Gasteiger partial charge is 0.300 e. The van der Waals surface area contributed by atoms with E-state index in [1.54, 1.807) is 0 Å². The van der Waals surface area contributed by atoms with E-state index in [0.717, 1.165) is 29.7 Å². The van der Waals surface area contributed by atoms with E-state index in [9.17, 15) is 0 Å². The van der Waals surface area contributed by atoms with Gasteiger partial charge in [0, 0.05) is 19.1 Å². The predicted molar refractivity (Wildman–Crippen MR) is 65.9 cm³/mol. The third-order valence-electron chi connectivity index (χ3n) is 4.60. The molecule has 0 N–H and O–H groups in total. The van der Waals surface area contributed by atoms with Crippen molar-refractivity contribution in [3.8, 4) is 0 Å². The van der Waals surface area contributed by atoms with Gasteiger partial charge in [0.2, 0.25) is 0 Å². The van der Waals surface area contributed by atoms with E-state index in [1.807, 2.05) is 0 Å². The average molecular weight is 209 g/mol. The average Bonchev–Trinajstić information content (AvgIpc) is 1.97. The Morgan fingerprint density at radius 3 is 2.07 bits per heavy atom. The Kier molecular flexibility index (Phi) is 3.39. The predicted octanol–water partition coefficient (Wildman–Crippen LogP) is 3.40. The van der Waals surface area contributed by atoms with Gasteiger partial charge in [-0.2, -0.15) is 0 Å². The summed E-state index contributed by atoms with van der Waals surface area (Å²) in [6, 6.07) is 0.739. The number of hydrogen-bond acceptors (Lipinski definition) is 1. The molecule has 0 radical (unpaired) electrons. The molecule has 1 nitrogen and oxygen atoms in total. The minimum atomic E-state index is 0.739. The minimum Gasteiger partial charge on any atom is -0.300 e. The Morgan fingerprint density at radius 1 is 0.867 bits per heavy atom. The van der Waals surface area contributed by atoms with Crippen molar-refractivity contribution in [2.24, 2.45) is 23.7 Å². The van der Waals surface area contributed by atoms with Crippen LogP contribution in [0, 0.1) is 23.7 Å². The third kappa shape index (κ3) is 2.55. The number of nitrogens with zero attached hydrogens (tertiary/aromatic N) is 1. The van der Waals surface area contributed by atoms with Crippen molar-refractivity contribution < 1.29 is 0 Å². The van der Waals surface area contributed by atoms with Gasteiger partial charge in [-0.1, -0.05) is 13.8 Å². The Bertz CT molecular complexity index is 183. The summed E-state index contributed by atoms with van der Waals surface area (Å²) in [7, 11) is 0. The Labute approximate surface area is 95.2 Å². The van der Waals surface area contributed by atoms with E-state index in [1.165, 1.54) is 32.4 Å². The van der Waals surface area contributed by atoms with Gasteiger partial charge in [-0.05, 0) is 56.8 Å². The quantitative estimate of drug-likeness (QED) is 0.674. The maximum absolute atomic E-state index is 2.73. The molecule has 2 heterocycles. The van der Waals surface area contributed by atoms with Crippen molar-refractivity contribution >= 4 is 0 Å². The second-order valence-corrected chi connectivity index (χ2v) is 6.49. The summed E-state index contributed by atoms with van der Waals surface area (Å²) in [4.78, 5) is 2.73. The zero-order valence-electron chi connectivity index (χ0n) is 10.9. The van der Waals surface area contributed by atoms with Crippen LogP contribution >= 0.6 is 0 Å². The molecule has 2 saturated heterocycles. The lowest BCUT2D eigenvalue weighted by Crippen LogP contribution is -2.47. The molecule has 3 aliphatic rings. The summed E-state index contributed by atoms with van der Waals surface area (Å²) in [5, 5.41) is 0. The summed E-state index contributed by atoms with van der Waals surface area (Å²) in [5.74, 6) is 3.92. The molecule has 0 amide bonds. The lowest BCUT2D eigenvalue weighted by Gasteiger charge is -2.46. The standard InChI is InChI=1S/C14H27N/c1-10(2)14-7-12-5-13(6-12)8-15(9-14)11(3)4/h10-14H,5-9H2,1-4H3. The molecule has 15 heavy (non-hydrogen) atoms. The minimum absolute atomic E-state index is 0.739. The van der Waals surface area contributed by atoms with Gasteiger partial charge < -0.3 is 4.90 Å². The maximum Gasteiger partial charge on any atom is 0.00388 e. The number of rotatable bonds is 2. The first-order chi connectivity index (χ1) is 7.06. The highest BCUT2D eigenvalue weighted by molar-refractivity contribution is 4.89. The van der Waals surface area contributed by atoms with Crippen molar-refractivity contribution in [3.05, 3.63) is 0 Å². The molecule has 0 aromatic heterocycles. The molecule has 0 aromatic rings. The highest BCUT2D eigenvalue weighted by atomic mass is 15.2. The van der Waals surface area contributed by atoms with Crippen LogP contribution in [-0.2, 0) is 0 Å². The van der Waals surface area contributed by atoms with Gasteiger partial charge in [-0.3, -0.25) is 0 Å². The van der Waals surface area contributed by atoms with Crippen LogP contribution in [0.5, 0.6) is 0 Å². The van der Waals surface area contributed by atoms with E-state index < -0.39 is 0 Å². The fourth-order valence-corrected chi connectivity index (χ4v) is 3.33. The lowest BCUT2D eigenvalue weighted by atomic mass is 9.67. The SMILES string of the molecule is CC(C)C1CC2CC(C2)CN(C(C)C)C1. The molecule has 1 saturated carbocycles. The van der Waals surface area contributed by atoms with Crippen molar-refractivity contribution in [2.45, 2.75) is 53.0 Å². The van der Waals surface area contributed by atoms with E-state index in [-0.39, 0.29) is 0 Å². The summed E-state index contributed by atoms with van der Waals surface area (Å²) < 4.78 is 0. The fraction of sp³-hybridized carbons (Fsp3) is 1.00. The van der Waals surface area contributed by atoms with Crippen LogP contribution in [0.3, 0.4) is 0 Å². The van der Waals surface area contributed by atoms with Crippen LogP contribution in [0.15, 0.2) is 0 Å². The van der Waals surface area contributed by atoms with E-state index in [2.05, 4.69) is 32.6 Å². The zero-order valence-corrected chi connectivity index (χ0v) is 10.9. The zero-order chi connectivity index (χ0) is 11.0. The van der Waals surface area contributed by atoms with Gasteiger partial charge >= 0.3 is 0 Å². The summed E-state index contributed by atoms with van der Waals surface area (Å²) in [6.07, 6.45) is 4.54. The van der Waals surface area contributed by atoms with Gasteiger partial charge in [0.15, 0.2) is 0 Å². The first-order valence-electron chi connectivity index (χ1n) is 6.80. The van der Waals surface area contributed by atoms with Crippen LogP contribution in [0.2, 0.25) is 0 Å². The van der Waals surface area contributed by atoms with E-state index in [4.69, 9.17) is 0 Å². The van der Waals surface area contributed by atoms with E-state index >= 15 is 0 Å². The monoisotopic (exact) mass is 209 g/mol. The Morgan fingerprint density at radius 2 is 1.53 bits per heavy atom. The molecule has 1 unspecified atom stereocenters. The topological polar surface area (TPSA) is 3.24 Å². The van der Waals surface area contributed by atoms with Gasteiger partial charge in [0.1, 0.15) is 0 Å². The first-order valence-corrected chi connectivity index (χ1v) is 6.80. The second-order valence-electron chi connectivity index (χ2n) is 6.49. The van der Waals surface area contributed by atoms with Crippen molar-refractivity contribution in [1.29, 1.82) is 0 Å². The molecule has 88 valence electrons. The Balaban J connectivity index is 2.00. The molecule has 2 bridgehead atoms.